The molecule has 1 saturated carbocycles. The summed E-state index contributed by atoms with van der Waals surface area (Å²) >= 11 is 0. The number of nitrogen functional groups attached to an aromatic ring is 1. The zero-order valence-electron chi connectivity index (χ0n) is 11.5. The third-order valence-electron chi connectivity index (χ3n) is 3.60. The van der Waals surface area contributed by atoms with E-state index in [1.807, 2.05) is 0 Å². The van der Waals surface area contributed by atoms with Crippen LogP contribution in [0.25, 0.3) is 5.95 Å². The number of aliphatic hydroxyl groups is 1. The summed E-state index contributed by atoms with van der Waals surface area (Å²) in [6.07, 6.45) is 6.04. The molecule has 0 radical (unpaired) electrons. The average molecular weight is 290 g/mol. The van der Waals surface area contributed by atoms with Crippen molar-refractivity contribution in [1.29, 1.82) is 0 Å². The van der Waals surface area contributed by atoms with Gasteiger partial charge < -0.3 is 10.4 Å². The van der Waals surface area contributed by atoms with Crippen LogP contribution in [0.4, 0.5) is 11.9 Å². The standard InChI is InChI=1S/C12H18N8O/c13-19-11-16-10(14-7-8-3-1-4-9(8)21)17-12(18-11)20-6-2-5-15-20/h2,5-6,8-9,21H,1,3-4,7,13H2,(H2,14,16,17,18,19). The summed E-state index contributed by atoms with van der Waals surface area (Å²) in [6.45, 7) is 0.619. The van der Waals surface area contributed by atoms with Crippen LogP contribution in [0.2, 0.25) is 0 Å². The minimum atomic E-state index is -0.253. The van der Waals surface area contributed by atoms with E-state index in [0.717, 1.165) is 19.3 Å². The van der Waals surface area contributed by atoms with Gasteiger partial charge in [-0.1, -0.05) is 6.42 Å². The lowest BCUT2D eigenvalue weighted by Crippen LogP contribution is -2.23. The zero-order chi connectivity index (χ0) is 14.7. The molecule has 1 aliphatic carbocycles. The minimum Gasteiger partial charge on any atom is -0.393 e. The average Bonchev–Trinajstić information content (AvgIpc) is 3.16. The van der Waals surface area contributed by atoms with Crippen LogP contribution in [-0.2, 0) is 0 Å². The van der Waals surface area contributed by atoms with Gasteiger partial charge in [-0.2, -0.15) is 20.1 Å². The van der Waals surface area contributed by atoms with Crippen LogP contribution < -0.4 is 16.6 Å². The van der Waals surface area contributed by atoms with Crippen LogP contribution >= 0.6 is 0 Å². The molecule has 2 heterocycles. The molecular formula is C12H18N8O. The number of rotatable bonds is 5. The third kappa shape index (κ3) is 3.09. The van der Waals surface area contributed by atoms with Crippen molar-refractivity contribution in [1.82, 2.24) is 24.7 Å². The van der Waals surface area contributed by atoms with E-state index in [-0.39, 0.29) is 18.0 Å². The van der Waals surface area contributed by atoms with Crippen molar-refractivity contribution < 1.29 is 5.11 Å². The Morgan fingerprint density at radius 2 is 2.14 bits per heavy atom. The van der Waals surface area contributed by atoms with E-state index >= 15 is 0 Å². The molecule has 2 atom stereocenters. The lowest BCUT2D eigenvalue weighted by atomic mass is 10.1. The van der Waals surface area contributed by atoms with E-state index in [0.29, 0.717) is 18.4 Å². The van der Waals surface area contributed by atoms with E-state index in [1.165, 1.54) is 4.68 Å². The number of nitrogens with zero attached hydrogens (tertiary/aromatic N) is 5. The molecule has 1 aliphatic rings. The van der Waals surface area contributed by atoms with Gasteiger partial charge >= 0.3 is 0 Å². The highest BCUT2D eigenvalue weighted by molar-refractivity contribution is 5.37. The Labute approximate surface area is 121 Å². The summed E-state index contributed by atoms with van der Waals surface area (Å²) in [5.41, 5.74) is 2.41. The summed E-state index contributed by atoms with van der Waals surface area (Å²) in [5.74, 6) is 6.64. The Balaban J connectivity index is 1.76. The summed E-state index contributed by atoms with van der Waals surface area (Å²) in [4.78, 5) is 12.6. The van der Waals surface area contributed by atoms with Gasteiger partial charge in [0.2, 0.25) is 11.9 Å². The second-order valence-corrected chi connectivity index (χ2v) is 5.02. The van der Waals surface area contributed by atoms with Crippen LogP contribution in [0, 0.1) is 5.92 Å². The molecule has 0 spiro atoms. The number of hydrazine groups is 1. The highest BCUT2D eigenvalue weighted by Crippen LogP contribution is 2.25. The number of nitrogens with two attached hydrogens (primary N) is 1. The first-order valence-corrected chi connectivity index (χ1v) is 6.91. The molecule has 2 aromatic rings. The van der Waals surface area contributed by atoms with E-state index in [1.54, 1.807) is 18.5 Å². The van der Waals surface area contributed by atoms with Crippen molar-refractivity contribution in [2.75, 3.05) is 17.3 Å². The maximum absolute atomic E-state index is 9.83. The highest BCUT2D eigenvalue weighted by Gasteiger charge is 2.25. The van der Waals surface area contributed by atoms with E-state index in [2.05, 4.69) is 30.8 Å². The van der Waals surface area contributed by atoms with Gasteiger partial charge in [0, 0.05) is 24.9 Å². The van der Waals surface area contributed by atoms with Gasteiger partial charge in [0.05, 0.1) is 6.10 Å². The van der Waals surface area contributed by atoms with Crippen LogP contribution in [-0.4, -0.2) is 42.5 Å². The second-order valence-electron chi connectivity index (χ2n) is 5.02. The van der Waals surface area contributed by atoms with Crippen molar-refractivity contribution >= 4 is 11.9 Å². The maximum Gasteiger partial charge on any atom is 0.257 e. The molecule has 0 aromatic carbocycles. The first-order chi connectivity index (χ1) is 10.3. The highest BCUT2D eigenvalue weighted by atomic mass is 16.3. The van der Waals surface area contributed by atoms with Crippen molar-refractivity contribution in [2.24, 2.45) is 11.8 Å². The fourth-order valence-electron chi connectivity index (χ4n) is 2.48. The van der Waals surface area contributed by atoms with Gasteiger partial charge in [0.15, 0.2) is 0 Å². The topological polar surface area (TPSA) is 127 Å². The van der Waals surface area contributed by atoms with Crippen molar-refractivity contribution in [3.63, 3.8) is 0 Å². The Morgan fingerprint density at radius 3 is 2.81 bits per heavy atom. The molecule has 2 aromatic heterocycles. The number of hydrogen-bond acceptors (Lipinski definition) is 8. The van der Waals surface area contributed by atoms with Gasteiger partial charge in [-0.25, -0.2) is 10.5 Å². The molecule has 9 heteroatoms. The van der Waals surface area contributed by atoms with Gasteiger partial charge in [0.25, 0.3) is 5.95 Å². The summed E-state index contributed by atoms with van der Waals surface area (Å²) in [6, 6.07) is 1.78. The van der Waals surface area contributed by atoms with Crippen LogP contribution in [0.5, 0.6) is 0 Å². The number of nitrogens with one attached hydrogen (secondary N) is 2. The molecule has 9 nitrogen and oxygen atoms in total. The second kappa shape index (κ2) is 6.02. The van der Waals surface area contributed by atoms with Crippen molar-refractivity contribution in [3.05, 3.63) is 18.5 Å². The Hall–Kier alpha value is -2.26. The predicted octanol–water partition coefficient (Wildman–Crippen LogP) is -0.0842. The van der Waals surface area contributed by atoms with Crippen LogP contribution in [0.3, 0.4) is 0 Å². The monoisotopic (exact) mass is 290 g/mol. The van der Waals surface area contributed by atoms with Gasteiger partial charge in [-0.05, 0) is 18.9 Å². The van der Waals surface area contributed by atoms with E-state index < -0.39 is 0 Å². The molecule has 2 unspecified atom stereocenters. The minimum absolute atomic E-state index is 0.226. The van der Waals surface area contributed by atoms with Gasteiger partial charge in [-0.3, -0.25) is 5.43 Å². The SMILES string of the molecule is NNc1nc(NCC2CCCC2O)nc(-n2cccn2)n1. The molecule has 1 fully saturated rings. The van der Waals surface area contributed by atoms with Crippen LogP contribution in [0.1, 0.15) is 19.3 Å². The number of aliphatic hydroxyl groups excluding tert-OH is 1. The molecular weight excluding hydrogens is 272 g/mol. The largest absolute Gasteiger partial charge is 0.393 e. The fourth-order valence-corrected chi connectivity index (χ4v) is 2.48. The van der Waals surface area contributed by atoms with E-state index in [4.69, 9.17) is 5.84 Å². The van der Waals surface area contributed by atoms with Crippen molar-refractivity contribution in [2.45, 2.75) is 25.4 Å². The Bertz CT molecular complexity index is 587. The number of hydrogen-bond donors (Lipinski definition) is 4. The number of anilines is 2. The summed E-state index contributed by atoms with van der Waals surface area (Å²) in [5, 5.41) is 17.0. The smallest absolute Gasteiger partial charge is 0.257 e. The molecule has 0 bridgehead atoms. The molecule has 21 heavy (non-hydrogen) atoms. The van der Waals surface area contributed by atoms with E-state index in [9.17, 15) is 5.11 Å². The predicted molar refractivity (Wildman–Crippen MR) is 76.6 cm³/mol. The molecule has 0 saturated heterocycles. The molecule has 0 aliphatic heterocycles. The molecule has 5 N–H and O–H groups in total. The maximum atomic E-state index is 9.83. The normalized spacial score (nSPS) is 21.4. The summed E-state index contributed by atoms with van der Waals surface area (Å²) in [7, 11) is 0. The third-order valence-corrected chi connectivity index (χ3v) is 3.60. The lowest BCUT2D eigenvalue weighted by molar-refractivity contribution is 0.138. The quantitative estimate of drug-likeness (QED) is 0.444. The summed E-state index contributed by atoms with van der Waals surface area (Å²) < 4.78 is 1.53. The zero-order valence-corrected chi connectivity index (χ0v) is 11.5. The lowest BCUT2D eigenvalue weighted by Gasteiger charge is -2.15. The molecule has 112 valence electrons. The van der Waals surface area contributed by atoms with Crippen molar-refractivity contribution in [3.8, 4) is 5.95 Å². The van der Waals surface area contributed by atoms with Crippen LogP contribution in [0.15, 0.2) is 18.5 Å². The Morgan fingerprint density at radius 1 is 1.29 bits per heavy atom. The van der Waals surface area contributed by atoms with Gasteiger partial charge in [-0.15, -0.1) is 0 Å². The fraction of sp³-hybridized carbons (Fsp3) is 0.500. The molecule has 0 amide bonds. The first kappa shape index (κ1) is 13.7. The molecule has 3 rings (SSSR count). The Kier molecular flexibility index (Phi) is 3.93. The number of aromatic nitrogens is 5. The van der Waals surface area contributed by atoms with Gasteiger partial charge in [0.1, 0.15) is 0 Å². The first-order valence-electron chi connectivity index (χ1n) is 6.91.